The molecule has 0 heterocycles. The van der Waals surface area contributed by atoms with Gasteiger partial charge < -0.3 is 21.8 Å². The van der Waals surface area contributed by atoms with Crippen LogP contribution in [0.3, 0.4) is 0 Å². The molecule has 4 aromatic rings. The molecule has 0 saturated heterocycles. The average Bonchev–Trinajstić information content (AvgIpc) is 3.10. The standard InChI is InChI=1S/C37H36N2O9S3.2H3N/c1-3-38(25-27-9-7-11-33(23-27)49(40,41)42)31-19-15-29(16-20-31)37(35-13-5-6-14-36(35)51(46,47)48)30-17-21-32(22-18-30)39(4-2)26-28-10-8-12-34(24-28)50(43,44)45;;/h5-24H,3-4,25-26H2,1-2H3,(H2-,40,41,42,43,44,45,46,47,48);2*1H3. The molecule has 0 bridgehead atoms. The predicted molar refractivity (Wildman–Crippen MR) is 204 cm³/mol. The Labute approximate surface area is 310 Å². The number of allylic oxidation sites excluding steroid dienone is 5. The van der Waals surface area contributed by atoms with Gasteiger partial charge in [-0.3, -0.25) is 9.11 Å². The summed E-state index contributed by atoms with van der Waals surface area (Å²) in [7, 11) is -13.6. The van der Waals surface area contributed by atoms with Gasteiger partial charge in [-0.1, -0.05) is 54.6 Å². The maximum absolute atomic E-state index is 12.5. The van der Waals surface area contributed by atoms with Gasteiger partial charge in [-0.05, 0) is 90.7 Å². The highest BCUT2D eigenvalue weighted by atomic mass is 32.2. The second kappa shape index (κ2) is 17.4. The summed E-state index contributed by atoms with van der Waals surface area (Å²) in [6.07, 6.45) is 7.41. The number of rotatable bonds is 12. The van der Waals surface area contributed by atoms with Crippen molar-refractivity contribution in [3.63, 3.8) is 0 Å². The Morgan fingerprint density at radius 3 is 1.85 bits per heavy atom. The van der Waals surface area contributed by atoms with E-state index >= 15 is 0 Å². The molecule has 0 radical (unpaired) electrons. The van der Waals surface area contributed by atoms with Gasteiger partial charge in [0, 0.05) is 42.1 Å². The van der Waals surface area contributed by atoms with Gasteiger partial charge in [-0.25, -0.2) is 13.0 Å². The zero-order chi connectivity index (χ0) is 37.0. The van der Waals surface area contributed by atoms with Gasteiger partial charge in [0.1, 0.15) is 21.6 Å². The third-order valence-electron chi connectivity index (χ3n) is 8.37. The van der Waals surface area contributed by atoms with Crippen LogP contribution in [0.5, 0.6) is 0 Å². The first-order chi connectivity index (χ1) is 24.1. The highest BCUT2D eigenvalue weighted by Gasteiger charge is 2.22. The number of nitrogens with zero attached hydrogens (tertiary/aromatic N) is 2. The summed E-state index contributed by atoms with van der Waals surface area (Å²) in [5.74, 6) is 0. The molecule has 16 heteroatoms. The molecule has 4 aromatic carbocycles. The van der Waals surface area contributed by atoms with E-state index in [1.807, 2.05) is 71.9 Å². The molecule has 282 valence electrons. The van der Waals surface area contributed by atoms with Crippen LogP contribution in [0.15, 0.2) is 142 Å². The van der Waals surface area contributed by atoms with Crippen molar-refractivity contribution in [3.8, 4) is 0 Å². The Morgan fingerprint density at radius 1 is 0.698 bits per heavy atom. The van der Waals surface area contributed by atoms with Crippen molar-refractivity contribution < 1.29 is 43.5 Å². The Bertz CT molecular complexity index is 2400. The van der Waals surface area contributed by atoms with Crippen molar-refractivity contribution in [1.82, 2.24) is 12.3 Å². The first-order valence-corrected chi connectivity index (χ1v) is 20.1. The van der Waals surface area contributed by atoms with E-state index in [1.165, 1.54) is 42.5 Å². The molecule has 0 atom stereocenters. The zero-order valence-electron chi connectivity index (χ0n) is 29.2. The molecule has 0 spiro atoms. The van der Waals surface area contributed by atoms with E-state index in [1.54, 1.807) is 30.3 Å². The van der Waals surface area contributed by atoms with E-state index in [-0.39, 0.29) is 32.6 Å². The van der Waals surface area contributed by atoms with Gasteiger partial charge in [-0.2, -0.15) is 16.8 Å². The molecule has 0 saturated carbocycles. The van der Waals surface area contributed by atoms with Crippen molar-refractivity contribution in [2.24, 2.45) is 0 Å². The third kappa shape index (κ3) is 10.4. The number of benzene rings is 4. The molecule has 0 aromatic heterocycles. The van der Waals surface area contributed by atoms with E-state index in [4.69, 9.17) is 0 Å². The molecule has 5 rings (SSSR count). The molecular formula is C37H42N4O9S3. The highest BCUT2D eigenvalue weighted by molar-refractivity contribution is 7.86. The summed E-state index contributed by atoms with van der Waals surface area (Å²) >= 11 is 0. The van der Waals surface area contributed by atoms with E-state index in [0.717, 1.165) is 11.4 Å². The van der Waals surface area contributed by atoms with Crippen LogP contribution in [-0.4, -0.2) is 62.3 Å². The van der Waals surface area contributed by atoms with Crippen molar-refractivity contribution >= 4 is 47.3 Å². The second-order valence-electron chi connectivity index (χ2n) is 11.7. The predicted octanol–water partition coefficient (Wildman–Crippen LogP) is 6.04. The fourth-order valence-corrected chi connectivity index (χ4v) is 7.66. The fraction of sp³-hybridized carbons (Fsp3) is 0.162. The van der Waals surface area contributed by atoms with E-state index < -0.39 is 30.4 Å². The average molecular weight is 783 g/mol. The highest BCUT2D eigenvalue weighted by Crippen LogP contribution is 2.35. The smallest absolute Gasteiger partial charge is 0.295 e. The first kappa shape index (κ1) is 42.6. The maximum atomic E-state index is 12.5. The molecule has 53 heavy (non-hydrogen) atoms. The summed E-state index contributed by atoms with van der Waals surface area (Å²) in [6.45, 7) is 5.71. The lowest BCUT2D eigenvalue weighted by atomic mass is 9.90. The van der Waals surface area contributed by atoms with Crippen LogP contribution >= 0.6 is 0 Å². The lowest BCUT2D eigenvalue weighted by Gasteiger charge is -2.24. The lowest BCUT2D eigenvalue weighted by molar-refractivity contribution is -0.539. The summed E-state index contributed by atoms with van der Waals surface area (Å²) in [4.78, 5) is 1.24. The van der Waals surface area contributed by atoms with Crippen molar-refractivity contribution in [3.05, 3.63) is 149 Å². The molecule has 1 aliphatic rings. The van der Waals surface area contributed by atoms with Gasteiger partial charge >= 0.3 is 0 Å². The van der Waals surface area contributed by atoms with E-state index in [2.05, 4.69) is 0 Å². The quantitative estimate of drug-likeness (QED) is 0.0950. The molecule has 13 nitrogen and oxygen atoms in total. The van der Waals surface area contributed by atoms with Crippen LogP contribution in [0.4, 0.5) is 5.69 Å². The van der Waals surface area contributed by atoms with Crippen molar-refractivity contribution in [2.45, 2.75) is 41.6 Å². The number of anilines is 1. The largest absolute Gasteiger partial charge is 0.744 e. The number of hydrogen-bond acceptors (Lipinski definition) is 10. The van der Waals surface area contributed by atoms with Gasteiger partial charge in [-0.15, -0.1) is 0 Å². The summed E-state index contributed by atoms with van der Waals surface area (Å²) in [5, 5.41) is 0. The van der Waals surface area contributed by atoms with E-state index in [0.29, 0.717) is 54.0 Å². The van der Waals surface area contributed by atoms with Crippen LogP contribution in [0.25, 0.3) is 5.57 Å². The second-order valence-corrected chi connectivity index (χ2v) is 15.9. The molecule has 1 aliphatic carbocycles. The van der Waals surface area contributed by atoms with Crippen LogP contribution in [-0.2, 0) is 43.4 Å². The van der Waals surface area contributed by atoms with Crippen LogP contribution in [0.2, 0.25) is 0 Å². The van der Waals surface area contributed by atoms with Gasteiger partial charge in [0.2, 0.25) is 0 Å². The summed E-state index contributed by atoms with van der Waals surface area (Å²) in [5.41, 5.74) is 5.08. The molecular weight excluding hydrogens is 741 g/mol. The SMILES string of the molecule is CCN(Cc1cccc(S(=O)(=O)[O-])c1)c1ccc(C(=C2C=CC(=[N+](CC)Cc3cccc(S(=O)(=O)O)c3)C=C2)c2ccccc2S(=O)(=O)O)cc1.N.N. The van der Waals surface area contributed by atoms with Gasteiger partial charge in [0.15, 0.2) is 12.3 Å². The fourth-order valence-electron chi connectivity index (χ4n) is 5.87. The topological polar surface area (TPSA) is 242 Å². The third-order valence-corrected chi connectivity index (χ3v) is 11.0. The first-order valence-electron chi connectivity index (χ1n) is 15.8. The molecule has 0 amide bonds. The zero-order valence-corrected chi connectivity index (χ0v) is 31.6. The number of hydrogen-bond donors (Lipinski definition) is 4. The Morgan fingerprint density at radius 2 is 1.28 bits per heavy atom. The van der Waals surface area contributed by atoms with Gasteiger partial charge in [0.05, 0.1) is 9.79 Å². The van der Waals surface area contributed by atoms with Crippen molar-refractivity contribution in [2.75, 3.05) is 18.0 Å². The molecule has 0 unspecified atom stereocenters. The lowest BCUT2D eigenvalue weighted by Crippen LogP contribution is -2.22. The van der Waals surface area contributed by atoms with E-state index in [9.17, 15) is 38.9 Å². The van der Waals surface area contributed by atoms with Crippen LogP contribution < -0.4 is 17.2 Å². The normalized spacial score (nSPS) is 12.8. The molecule has 0 aliphatic heterocycles. The maximum Gasteiger partial charge on any atom is 0.295 e. The minimum absolute atomic E-state index is 0. The Kier molecular flexibility index (Phi) is 14.0. The van der Waals surface area contributed by atoms with Crippen molar-refractivity contribution in [1.29, 1.82) is 0 Å². The van der Waals surface area contributed by atoms with Crippen LogP contribution in [0, 0.1) is 0 Å². The van der Waals surface area contributed by atoms with Gasteiger partial charge in [0.25, 0.3) is 20.2 Å². The Hall–Kier alpha value is -4.78. The minimum atomic E-state index is -4.61. The Balaban J connectivity index is 0.00000378. The minimum Gasteiger partial charge on any atom is -0.744 e. The molecule has 0 fully saturated rings. The molecule has 8 N–H and O–H groups in total. The van der Waals surface area contributed by atoms with Crippen LogP contribution in [0.1, 0.15) is 36.1 Å². The monoisotopic (exact) mass is 782 g/mol. The summed E-state index contributed by atoms with van der Waals surface area (Å²) in [6, 6.07) is 25.5. The summed E-state index contributed by atoms with van der Waals surface area (Å²) < 4.78 is 105.